The third-order valence-electron chi connectivity index (χ3n) is 6.15. The zero-order chi connectivity index (χ0) is 26.5. The fourth-order valence-electron chi connectivity index (χ4n) is 4.51. The van der Waals surface area contributed by atoms with E-state index in [1.165, 1.54) is 11.1 Å². The molecule has 7 heteroatoms. The number of nitrogens with zero attached hydrogens (tertiary/aromatic N) is 3. The molecule has 1 aliphatic carbocycles. The van der Waals surface area contributed by atoms with Crippen LogP contribution >= 0.6 is 0 Å². The number of ether oxygens (including phenoxy) is 1. The topological polar surface area (TPSA) is 89.0 Å². The Morgan fingerprint density at radius 1 is 1.05 bits per heavy atom. The van der Waals surface area contributed by atoms with Gasteiger partial charge in [-0.05, 0) is 81.1 Å². The maximum absolute atomic E-state index is 11.7. The standard InChI is InChI=1S/C31H31N5O2/c1-31(2,3)38-30(37)33-16-7-6-9-21-13-14-22-18-25(19-24(22)17-21)34-29-26-11-4-5-12-27(26)35-28(36-29)23-10-8-15-32-20-23/h4-5,8,10-15,17,20,25H,7,16,18-19H2,1-3H3,(H,33,37)(H,34,35,36). The van der Waals surface area contributed by atoms with Gasteiger partial charge in [0.1, 0.15) is 11.4 Å². The number of carbonyl (C=O) groups is 1. The molecular formula is C31H31N5O2. The van der Waals surface area contributed by atoms with E-state index >= 15 is 0 Å². The summed E-state index contributed by atoms with van der Waals surface area (Å²) >= 11 is 0. The zero-order valence-electron chi connectivity index (χ0n) is 21.9. The Morgan fingerprint density at radius 3 is 2.71 bits per heavy atom. The van der Waals surface area contributed by atoms with Crippen molar-refractivity contribution >= 4 is 22.8 Å². The second-order valence-electron chi connectivity index (χ2n) is 10.4. The molecule has 2 aromatic carbocycles. The van der Waals surface area contributed by atoms with E-state index in [0.717, 1.165) is 40.7 Å². The molecule has 4 aromatic rings. The summed E-state index contributed by atoms with van der Waals surface area (Å²) in [6, 6.07) is 18.6. The van der Waals surface area contributed by atoms with E-state index in [2.05, 4.69) is 51.7 Å². The zero-order valence-corrected chi connectivity index (χ0v) is 21.9. The molecule has 2 heterocycles. The molecule has 1 unspecified atom stereocenters. The molecule has 192 valence electrons. The predicted octanol–water partition coefficient (Wildman–Crippen LogP) is 5.54. The maximum Gasteiger partial charge on any atom is 0.407 e. The van der Waals surface area contributed by atoms with Crippen molar-refractivity contribution in [2.75, 3.05) is 11.9 Å². The lowest BCUT2D eigenvalue weighted by molar-refractivity contribution is 0.0529. The largest absolute Gasteiger partial charge is 0.444 e. The highest BCUT2D eigenvalue weighted by Gasteiger charge is 2.23. The molecule has 2 N–H and O–H groups in total. The first kappa shape index (κ1) is 25.2. The van der Waals surface area contributed by atoms with E-state index in [1.807, 2.05) is 51.1 Å². The minimum absolute atomic E-state index is 0.228. The molecule has 0 bridgehead atoms. The number of aromatic nitrogens is 3. The SMILES string of the molecule is CC(C)(C)OC(=O)NCCC#Cc1ccc2c(c1)CC(Nc1nc(-c3cccnc3)nc3ccccc13)C2. The van der Waals surface area contributed by atoms with Crippen LogP contribution in [0.5, 0.6) is 0 Å². The lowest BCUT2D eigenvalue weighted by Gasteiger charge is -2.19. The fraction of sp³-hybridized carbons (Fsp3) is 0.290. The number of alkyl carbamates (subject to hydrolysis) is 1. The van der Waals surface area contributed by atoms with Gasteiger partial charge in [0.05, 0.1) is 5.52 Å². The van der Waals surface area contributed by atoms with Gasteiger partial charge in [-0.3, -0.25) is 4.98 Å². The summed E-state index contributed by atoms with van der Waals surface area (Å²) < 4.78 is 5.24. The van der Waals surface area contributed by atoms with Crippen LogP contribution < -0.4 is 10.6 Å². The van der Waals surface area contributed by atoms with Crippen LogP contribution in [0, 0.1) is 11.8 Å². The van der Waals surface area contributed by atoms with Crippen molar-refractivity contribution in [3.05, 3.63) is 83.7 Å². The van der Waals surface area contributed by atoms with Gasteiger partial charge < -0.3 is 15.4 Å². The first-order valence-corrected chi connectivity index (χ1v) is 12.9. The van der Waals surface area contributed by atoms with Crippen LogP contribution in [0.25, 0.3) is 22.3 Å². The molecule has 1 atom stereocenters. The van der Waals surface area contributed by atoms with Crippen LogP contribution in [0.2, 0.25) is 0 Å². The molecule has 0 fully saturated rings. The third kappa shape index (κ3) is 6.27. The molecule has 1 aliphatic rings. The van der Waals surface area contributed by atoms with Gasteiger partial charge in [0, 0.05) is 47.9 Å². The van der Waals surface area contributed by atoms with Gasteiger partial charge in [0.15, 0.2) is 5.82 Å². The summed E-state index contributed by atoms with van der Waals surface area (Å²) in [5.74, 6) is 7.87. The minimum Gasteiger partial charge on any atom is -0.444 e. The number of fused-ring (bicyclic) bond motifs is 2. The van der Waals surface area contributed by atoms with Crippen LogP contribution in [-0.2, 0) is 17.6 Å². The summed E-state index contributed by atoms with van der Waals surface area (Å²) in [5.41, 5.74) is 4.89. The van der Waals surface area contributed by atoms with Crippen molar-refractivity contribution in [3.8, 4) is 23.2 Å². The van der Waals surface area contributed by atoms with Crippen molar-refractivity contribution < 1.29 is 9.53 Å². The van der Waals surface area contributed by atoms with E-state index in [0.29, 0.717) is 18.8 Å². The first-order valence-electron chi connectivity index (χ1n) is 12.9. The summed E-state index contributed by atoms with van der Waals surface area (Å²) in [6.07, 6.45) is 5.49. The third-order valence-corrected chi connectivity index (χ3v) is 6.15. The molecule has 7 nitrogen and oxygen atoms in total. The number of pyridine rings is 1. The number of carbonyl (C=O) groups excluding carboxylic acids is 1. The maximum atomic E-state index is 11.7. The smallest absolute Gasteiger partial charge is 0.407 e. The van der Waals surface area contributed by atoms with Crippen LogP contribution in [0.3, 0.4) is 0 Å². The Balaban J connectivity index is 1.24. The summed E-state index contributed by atoms with van der Waals surface area (Å²) in [6.45, 7) is 5.98. The number of rotatable bonds is 5. The quantitative estimate of drug-likeness (QED) is 0.274. The minimum atomic E-state index is -0.505. The van der Waals surface area contributed by atoms with Crippen molar-refractivity contribution in [2.24, 2.45) is 0 Å². The van der Waals surface area contributed by atoms with E-state index in [9.17, 15) is 4.79 Å². The molecule has 0 saturated carbocycles. The summed E-state index contributed by atoms with van der Waals surface area (Å²) in [5, 5.41) is 7.43. The Hall–Kier alpha value is -4.44. The molecule has 0 aliphatic heterocycles. The number of amides is 1. The first-order chi connectivity index (χ1) is 18.3. The highest BCUT2D eigenvalue weighted by molar-refractivity contribution is 5.90. The van der Waals surface area contributed by atoms with Gasteiger partial charge in [-0.25, -0.2) is 14.8 Å². The van der Waals surface area contributed by atoms with Crippen molar-refractivity contribution in [3.63, 3.8) is 0 Å². The van der Waals surface area contributed by atoms with E-state index < -0.39 is 11.7 Å². The van der Waals surface area contributed by atoms with Crippen LogP contribution in [-0.4, -0.2) is 39.2 Å². The van der Waals surface area contributed by atoms with E-state index in [4.69, 9.17) is 14.7 Å². The highest BCUT2D eigenvalue weighted by atomic mass is 16.6. The Kier molecular flexibility index (Phi) is 7.23. The lowest BCUT2D eigenvalue weighted by atomic mass is 10.1. The molecule has 2 aromatic heterocycles. The predicted molar refractivity (Wildman–Crippen MR) is 150 cm³/mol. The van der Waals surface area contributed by atoms with Crippen molar-refractivity contribution in [2.45, 2.75) is 51.7 Å². The molecule has 38 heavy (non-hydrogen) atoms. The molecular weight excluding hydrogens is 474 g/mol. The fourth-order valence-corrected chi connectivity index (χ4v) is 4.51. The number of hydrogen-bond acceptors (Lipinski definition) is 6. The Labute approximate surface area is 223 Å². The van der Waals surface area contributed by atoms with Crippen LogP contribution in [0.1, 0.15) is 43.9 Å². The van der Waals surface area contributed by atoms with Gasteiger partial charge in [0.2, 0.25) is 0 Å². The Bertz CT molecular complexity index is 1520. The van der Waals surface area contributed by atoms with Gasteiger partial charge >= 0.3 is 6.09 Å². The summed E-state index contributed by atoms with van der Waals surface area (Å²) in [4.78, 5) is 25.6. The van der Waals surface area contributed by atoms with Crippen molar-refractivity contribution in [1.29, 1.82) is 0 Å². The normalized spacial score (nSPS) is 14.3. The second kappa shape index (κ2) is 10.9. The Morgan fingerprint density at radius 2 is 1.89 bits per heavy atom. The molecule has 0 spiro atoms. The number of anilines is 1. The van der Waals surface area contributed by atoms with E-state index in [1.54, 1.807) is 12.4 Å². The number of nitrogens with one attached hydrogen (secondary N) is 2. The molecule has 0 radical (unpaired) electrons. The van der Waals surface area contributed by atoms with Gasteiger partial charge in [-0.15, -0.1) is 0 Å². The van der Waals surface area contributed by atoms with Gasteiger partial charge in [-0.1, -0.05) is 30.0 Å². The molecule has 1 amide bonds. The monoisotopic (exact) mass is 505 g/mol. The summed E-state index contributed by atoms with van der Waals surface area (Å²) in [7, 11) is 0. The second-order valence-corrected chi connectivity index (χ2v) is 10.4. The van der Waals surface area contributed by atoms with Gasteiger partial charge in [0.25, 0.3) is 0 Å². The number of hydrogen-bond donors (Lipinski definition) is 2. The van der Waals surface area contributed by atoms with Crippen LogP contribution in [0.15, 0.2) is 67.0 Å². The van der Waals surface area contributed by atoms with Crippen molar-refractivity contribution in [1.82, 2.24) is 20.3 Å². The average molecular weight is 506 g/mol. The highest BCUT2D eigenvalue weighted by Crippen LogP contribution is 2.29. The molecule has 5 rings (SSSR count). The van der Waals surface area contributed by atoms with E-state index in [-0.39, 0.29) is 6.04 Å². The lowest BCUT2D eigenvalue weighted by Crippen LogP contribution is -2.32. The van der Waals surface area contributed by atoms with Crippen LogP contribution in [0.4, 0.5) is 10.6 Å². The number of benzene rings is 2. The number of para-hydroxylation sites is 1. The van der Waals surface area contributed by atoms with Gasteiger partial charge in [-0.2, -0.15) is 0 Å². The molecule has 0 saturated heterocycles. The average Bonchev–Trinajstić information content (AvgIpc) is 3.29.